The number of imidazole rings is 1. The molecule has 2 saturated heterocycles. The van der Waals surface area contributed by atoms with Gasteiger partial charge in [0.1, 0.15) is 5.52 Å². The van der Waals surface area contributed by atoms with Crippen molar-refractivity contribution in [3.05, 3.63) is 59.9 Å². The summed E-state index contributed by atoms with van der Waals surface area (Å²) in [5.74, 6) is -0.196. The lowest BCUT2D eigenvalue weighted by Gasteiger charge is -2.41. The van der Waals surface area contributed by atoms with Gasteiger partial charge >= 0.3 is 0 Å². The van der Waals surface area contributed by atoms with E-state index in [0.717, 1.165) is 17.6 Å². The van der Waals surface area contributed by atoms with Crippen LogP contribution in [0, 0.1) is 18.7 Å². The van der Waals surface area contributed by atoms with Crippen molar-refractivity contribution in [2.45, 2.75) is 25.4 Å². The fourth-order valence-corrected chi connectivity index (χ4v) is 5.58. The van der Waals surface area contributed by atoms with E-state index >= 15 is 0 Å². The number of likely N-dealkylation sites (N-methyl/N-ethyl adjacent to an activating group) is 1. The number of nitrogens with one attached hydrogen (secondary N) is 1. The Morgan fingerprint density at radius 1 is 1.24 bits per heavy atom. The van der Waals surface area contributed by atoms with Gasteiger partial charge in [-0.25, -0.2) is 9.37 Å². The van der Waals surface area contributed by atoms with Crippen LogP contribution in [0.4, 0.5) is 15.8 Å². The summed E-state index contributed by atoms with van der Waals surface area (Å²) in [4.78, 5) is 22.1. The number of nitrogens with zero attached hydrogens (tertiary/aromatic N) is 6. The Balaban J connectivity index is 1.35. The van der Waals surface area contributed by atoms with Crippen LogP contribution >= 0.6 is 0 Å². The van der Waals surface area contributed by atoms with E-state index < -0.39 is 5.82 Å². The van der Waals surface area contributed by atoms with Gasteiger partial charge in [-0.15, -0.1) is 5.10 Å². The topological polar surface area (TPSA) is 78.7 Å². The van der Waals surface area contributed by atoms with E-state index in [0.29, 0.717) is 40.5 Å². The van der Waals surface area contributed by atoms with Gasteiger partial charge in [-0.3, -0.25) is 4.79 Å². The van der Waals surface area contributed by atoms with Crippen LogP contribution in [0.5, 0.6) is 0 Å². The van der Waals surface area contributed by atoms with E-state index in [1.165, 1.54) is 12.5 Å². The number of aryl methyl sites for hydroxylation is 1. The van der Waals surface area contributed by atoms with Crippen molar-refractivity contribution in [2.75, 3.05) is 30.9 Å². The summed E-state index contributed by atoms with van der Waals surface area (Å²) in [7, 11) is 4.27. The molecule has 7 rings (SSSR count). The van der Waals surface area contributed by atoms with Crippen LogP contribution in [0.2, 0.25) is 0 Å². The minimum atomic E-state index is -0.496. The third-order valence-corrected chi connectivity index (χ3v) is 6.95. The largest absolute Gasteiger partial charge is 0.366 e. The molecule has 8 nitrogen and oxygen atoms in total. The van der Waals surface area contributed by atoms with Crippen molar-refractivity contribution in [3.8, 4) is 0 Å². The summed E-state index contributed by atoms with van der Waals surface area (Å²) in [6, 6.07) is 7.99. The van der Waals surface area contributed by atoms with E-state index in [9.17, 15) is 9.18 Å². The summed E-state index contributed by atoms with van der Waals surface area (Å²) in [5.41, 5.74) is 3.29. The quantitative estimate of drug-likeness (QED) is 0.520. The number of amides is 1. The van der Waals surface area contributed by atoms with Gasteiger partial charge in [0.2, 0.25) is 0 Å². The maximum Gasteiger partial charge on any atom is 0.257 e. The number of pyridine rings is 1. The molecule has 5 heterocycles. The molecule has 1 saturated carbocycles. The summed E-state index contributed by atoms with van der Waals surface area (Å²) in [5, 5.41) is 12.0. The zero-order chi connectivity index (χ0) is 22.9. The van der Waals surface area contributed by atoms with Crippen LogP contribution in [0.25, 0.3) is 16.6 Å². The molecule has 3 aromatic heterocycles. The first kappa shape index (κ1) is 20.0. The van der Waals surface area contributed by atoms with Crippen LogP contribution in [0.15, 0.2) is 42.9 Å². The first-order valence-electron chi connectivity index (χ1n) is 11.0. The van der Waals surface area contributed by atoms with Gasteiger partial charge in [-0.2, -0.15) is 5.10 Å². The maximum absolute atomic E-state index is 14.5. The number of rotatable bonds is 4. The number of hydrogen-bond acceptors (Lipinski definition) is 6. The molecular formula is C24H24FN7O. The smallest absolute Gasteiger partial charge is 0.257 e. The summed E-state index contributed by atoms with van der Waals surface area (Å²) in [6.07, 6.45) is 6.21. The van der Waals surface area contributed by atoms with Crippen LogP contribution in [-0.4, -0.2) is 63.1 Å². The molecule has 3 atom stereocenters. The monoisotopic (exact) mass is 445 g/mol. The van der Waals surface area contributed by atoms with Gasteiger partial charge in [-0.1, -0.05) is 0 Å². The molecular weight excluding hydrogens is 421 g/mol. The average Bonchev–Trinajstić information content (AvgIpc) is 3.45. The molecule has 1 aromatic carbocycles. The summed E-state index contributed by atoms with van der Waals surface area (Å²) >= 11 is 0. The van der Waals surface area contributed by atoms with Crippen LogP contribution < -0.4 is 10.2 Å². The zero-order valence-electron chi connectivity index (χ0n) is 18.7. The standard InChI is InChI=1S/C24H24FN7O/c1-13-10-31-12-15(9-18(25)23(31)27-13)28-24(33)17-4-5-19(16-6-7-26-29-21(16)17)32-11-14-8-20(32)22(14)30(2)3/h4-7,9-10,12,14,20,22H,8,11H2,1-3H3,(H,28,33). The number of halogens is 1. The molecule has 3 aliphatic rings. The minimum absolute atomic E-state index is 0.228. The van der Waals surface area contributed by atoms with E-state index in [2.05, 4.69) is 44.4 Å². The molecule has 9 heteroatoms. The highest BCUT2D eigenvalue weighted by atomic mass is 19.1. The lowest BCUT2D eigenvalue weighted by Crippen LogP contribution is -2.52. The maximum atomic E-state index is 14.5. The van der Waals surface area contributed by atoms with Crippen molar-refractivity contribution in [3.63, 3.8) is 0 Å². The third kappa shape index (κ3) is 3.06. The molecule has 3 fully saturated rings. The molecule has 3 unspecified atom stereocenters. The number of hydrogen-bond donors (Lipinski definition) is 1. The Labute approximate surface area is 190 Å². The van der Waals surface area contributed by atoms with Crippen molar-refractivity contribution >= 4 is 33.8 Å². The predicted octanol–water partition coefficient (Wildman–Crippen LogP) is 3.12. The number of anilines is 2. The number of benzene rings is 1. The molecule has 1 aliphatic carbocycles. The first-order chi connectivity index (χ1) is 15.9. The summed E-state index contributed by atoms with van der Waals surface area (Å²) < 4.78 is 16.0. The van der Waals surface area contributed by atoms with Gasteiger partial charge in [0, 0.05) is 48.2 Å². The molecule has 2 aliphatic heterocycles. The molecule has 4 aromatic rings. The van der Waals surface area contributed by atoms with Crippen LogP contribution in [-0.2, 0) is 0 Å². The number of carbonyl (C=O) groups excluding carboxylic acids is 1. The van der Waals surface area contributed by atoms with Crippen molar-refractivity contribution in [1.29, 1.82) is 0 Å². The third-order valence-electron chi connectivity index (χ3n) is 6.95. The lowest BCUT2D eigenvalue weighted by molar-refractivity contribution is 0.102. The number of aromatic nitrogens is 4. The van der Waals surface area contributed by atoms with Crippen LogP contribution in [0.3, 0.4) is 0 Å². The Kier molecular flexibility index (Phi) is 4.38. The molecule has 1 amide bonds. The molecule has 33 heavy (non-hydrogen) atoms. The van der Waals surface area contributed by atoms with Gasteiger partial charge in [0.15, 0.2) is 11.5 Å². The number of carbonyl (C=O) groups is 1. The Hall–Kier alpha value is -3.59. The highest BCUT2D eigenvalue weighted by Gasteiger charge is 2.53. The van der Waals surface area contributed by atoms with E-state index in [-0.39, 0.29) is 11.6 Å². The highest BCUT2D eigenvalue weighted by Crippen LogP contribution is 2.47. The minimum Gasteiger partial charge on any atom is -0.366 e. The molecule has 0 spiro atoms. The second-order valence-electron chi connectivity index (χ2n) is 9.24. The highest BCUT2D eigenvalue weighted by molar-refractivity contribution is 6.13. The lowest BCUT2D eigenvalue weighted by atomic mass is 9.79. The fraction of sp³-hybridized carbons (Fsp3) is 0.333. The van der Waals surface area contributed by atoms with E-state index in [4.69, 9.17) is 0 Å². The van der Waals surface area contributed by atoms with Crippen molar-refractivity contribution in [2.24, 2.45) is 5.92 Å². The molecule has 1 N–H and O–H groups in total. The van der Waals surface area contributed by atoms with Gasteiger partial charge < -0.3 is 19.5 Å². The van der Waals surface area contributed by atoms with Crippen molar-refractivity contribution < 1.29 is 9.18 Å². The second-order valence-corrected chi connectivity index (χ2v) is 9.24. The summed E-state index contributed by atoms with van der Waals surface area (Å²) in [6.45, 7) is 2.79. The van der Waals surface area contributed by atoms with Gasteiger partial charge in [-0.05, 0) is 51.6 Å². The van der Waals surface area contributed by atoms with Gasteiger partial charge in [0.05, 0.1) is 23.1 Å². The van der Waals surface area contributed by atoms with Crippen molar-refractivity contribution in [1.82, 2.24) is 24.5 Å². The molecule has 0 radical (unpaired) electrons. The molecule has 168 valence electrons. The predicted molar refractivity (Wildman–Crippen MR) is 124 cm³/mol. The van der Waals surface area contributed by atoms with Crippen LogP contribution in [0.1, 0.15) is 22.5 Å². The van der Waals surface area contributed by atoms with Gasteiger partial charge in [0.25, 0.3) is 5.91 Å². The fourth-order valence-electron chi connectivity index (χ4n) is 5.58. The first-order valence-corrected chi connectivity index (χ1v) is 11.0. The number of fused-ring (bicyclic) bond motifs is 3. The molecule has 2 bridgehead atoms. The Morgan fingerprint density at radius 3 is 2.88 bits per heavy atom. The Morgan fingerprint density at radius 2 is 2.09 bits per heavy atom. The average molecular weight is 446 g/mol. The second kappa shape index (κ2) is 7.21. The SMILES string of the molecule is Cc1cn2cc(NC(=O)c3ccc(N4CC5CC4C5N(C)C)c4ccnnc34)cc(F)c2n1. The Bertz CT molecular complexity index is 1410. The van der Waals surface area contributed by atoms with E-state index in [1.54, 1.807) is 36.0 Å². The van der Waals surface area contributed by atoms with E-state index in [1.807, 2.05) is 12.1 Å². The normalized spacial score (nSPS) is 21.7. The zero-order valence-corrected chi connectivity index (χ0v) is 18.7.